The molecule has 0 aliphatic rings. The lowest BCUT2D eigenvalue weighted by atomic mass is 10.4. The number of nitrogens with zero attached hydrogens (tertiary/aromatic N) is 3. The van der Waals surface area contributed by atoms with Crippen LogP contribution in [0.4, 0.5) is 13.2 Å². The summed E-state index contributed by atoms with van der Waals surface area (Å²) in [7, 11) is 0. The maximum absolute atomic E-state index is 12.4. The van der Waals surface area contributed by atoms with Crippen LogP contribution in [0.5, 0.6) is 0 Å². The molecular weight excluding hydrogens is 310 g/mol. The van der Waals surface area contributed by atoms with Gasteiger partial charge in [0.15, 0.2) is 5.65 Å². The second-order valence-electron chi connectivity index (χ2n) is 2.56. The summed E-state index contributed by atoms with van der Waals surface area (Å²) in [6, 6.07) is 2.38. The van der Waals surface area contributed by atoms with Gasteiger partial charge in [-0.1, -0.05) is 0 Å². The third-order valence-electron chi connectivity index (χ3n) is 1.62. The van der Waals surface area contributed by atoms with Crippen molar-refractivity contribution in [3.63, 3.8) is 0 Å². The topological polar surface area (TPSA) is 30.2 Å². The van der Waals surface area contributed by atoms with Crippen molar-refractivity contribution < 1.29 is 13.2 Å². The van der Waals surface area contributed by atoms with E-state index in [-0.39, 0.29) is 5.65 Å². The minimum Gasteiger partial charge on any atom is -0.237 e. The number of hydrogen-bond donors (Lipinski definition) is 0. The first kappa shape index (κ1) is 9.69. The van der Waals surface area contributed by atoms with Crippen molar-refractivity contribution in [2.75, 3.05) is 0 Å². The van der Waals surface area contributed by atoms with E-state index in [9.17, 15) is 13.2 Å². The third-order valence-corrected chi connectivity index (χ3v) is 2.15. The lowest BCUT2D eigenvalue weighted by Crippen LogP contribution is -2.12. The molecule has 2 aromatic rings. The fourth-order valence-electron chi connectivity index (χ4n) is 1.08. The smallest absolute Gasteiger partial charge is 0.237 e. The van der Waals surface area contributed by atoms with E-state index in [0.29, 0.717) is 3.70 Å². The Labute approximate surface area is 90.1 Å². The summed E-state index contributed by atoms with van der Waals surface area (Å²) in [5, 5.41) is 3.70. The second kappa shape index (κ2) is 3.07. The quantitative estimate of drug-likeness (QED) is 0.699. The number of rotatable bonds is 0. The lowest BCUT2D eigenvalue weighted by molar-refractivity contribution is -0.142. The molecule has 2 aromatic heterocycles. The van der Waals surface area contributed by atoms with Crippen molar-refractivity contribution in [2.24, 2.45) is 0 Å². The average molecular weight is 313 g/mol. The molecule has 0 saturated heterocycles. The molecule has 0 spiro atoms. The van der Waals surface area contributed by atoms with E-state index in [4.69, 9.17) is 0 Å². The maximum Gasteiger partial charge on any atom is 0.433 e. The Morgan fingerprint density at radius 1 is 1.36 bits per heavy atom. The van der Waals surface area contributed by atoms with Gasteiger partial charge in [-0.25, -0.2) is 9.50 Å². The molecular formula is C7H3F3IN3. The summed E-state index contributed by atoms with van der Waals surface area (Å²) in [6.07, 6.45) is -3.29. The number of halogens is 4. The minimum absolute atomic E-state index is 0.198. The minimum atomic E-state index is -4.41. The maximum atomic E-state index is 12.4. The van der Waals surface area contributed by atoms with Gasteiger partial charge in [0.2, 0.25) is 0 Å². The summed E-state index contributed by atoms with van der Waals surface area (Å²) in [4.78, 5) is 3.77. The standard InChI is InChI=1S/C7H3F3IN3/c8-7(9,10)4-1-2-12-6-3-5(11)13-14(4)6/h1-3H. The molecule has 0 aliphatic heterocycles. The lowest BCUT2D eigenvalue weighted by Gasteiger charge is -2.07. The first-order valence-electron chi connectivity index (χ1n) is 3.56. The molecule has 0 aromatic carbocycles. The Balaban J connectivity index is 2.77. The third kappa shape index (κ3) is 1.56. The zero-order valence-corrected chi connectivity index (χ0v) is 8.74. The molecule has 3 nitrogen and oxygen atoms in total. The molecule has 7 heteroatoms. The highest BCUT2D eigenvalue weighted by atomic mass is 127. The molecule has 0 radical (unpaired) electrons. The van der Waals surface area contributed by atoms with E-state index < -0.39 is 11.9 Å². The molecule has 0 bridgehead atoms. The van der Waals surface area contributed by atoms with Crippen LogP contribution in [0.2, 0.25) is 0 Å². The van der Waals surface area contributed by atoms with Crippen molar-refractivity contribution in [1.82, 2.24) is 14.6 Å². The molecule has 0 saturated carbocycles. The Bertz CT molecular complexity index is 476. The Kier molecular flexibility index (Phi) is 2.13. The first-order valence-corrected chi connectivity index (χ1v) is 4.64. The predicted octanol–water partition coefficient (Wildman–Crippen LogP) is 2.35. The number of hydrogen-bond acceptors (Lipinski definition) is 2. The van der Waals surface area contributed by atoms with Crippen molar-refractivity contribution in [2.45, 2.75) is 6.18 Å². The zero-order valence-electron chi connectivity index (χ0n) is 6.59. The van der Waals surface area contributed by atoms with Gasteiger partial charge >= 0.3 is 6.18 Å². The van der Waals surface area contributed by atoms with Gasteiger partial charge < -0.3 is 0 Å². The van der Waals surface area contributed by atoms with Gasteiger partial charge in [0.25, 0.3) is 0 Å². The van der Waals surface area contributed by atoms with Crippen molar-refractivity contribution in [1.29, 1.82) is 0 Å². The molecule has 0 fully saturated rings. The Hall–Kier alpha value is -0.860. The van der Waals surface area contributed by atoms with Crippen LogP contribution in [0, 0.1) is 3.70 Å². The highest BCUT2D eigenvalue weighted by Crippen LogP contribution is 2.28. The van der Waals surface area contributed by atoms with Crippen LogP contribution in [0.15, 0.2) is 18.3 Å². The molecule has 2 rings (SSSR count). The van der Waals surface area contributed by atoms with Crippen molar-refractivity contribution in [3.8, 4) is 0 Å². The van der Waals surface area contributed by atoms with E-state index in [1.165, 1.54) is 6.07 Å². The molecule has 74 valence electrons. The Morgan fingerprint density at radius 3 is 2.71 bits per heavy atom. The highest BCUT2D eigenvalue weighted by Gasteiger charge is 2.34. The van der Waals surface area contributed by atoms with Gasteiger partial charge in [-0.15, -0.1) is 0 Å². The summed E-state index contributed by atoms with van der Waals surface area (Å²) in [6.45, 7) is 0. The van der Waals surface area contributed by atoms with Crippen LogP contribution in [-0.4, -0.2) is 14.6 Å². The van der Waals surface area contributed by atoms with Crippen molar-refractivity contribution >= 4 is 28.2 Å². The second-order valence-corrected chi connectivity index (χ2v) is 3.67. The van der Waals surface area contributed by atoms with Gasteiger partial charge in [0.05, 0.1) is 0 Å². The van der Waals surface area contributed by atoms with E-state index in [0.717, 1.165) is 16.8 Å². The molecule has 2 heterocycles. The van der Waals surface area contributed by atoms with Gasteiger partial charge in [0.1, 0.15) is 9.39 Å². The first-order chi connectivity index (χ1) is 6.48. The van der Waals surface area contributed by atoms with Crippen LogP contribution in [-0.2, 0) is 6.18 Å². The number of aromatic nitrogens is 3. The van der Waals surface area contributed by atoms with Gasteiger partial charge in [-0.05, 0) is 28.7 Å². The van der Waals surface area contributed by atoms with Crippen LogP contribution in [0.1, 0.15) is 5.69 Å². The van der Waals surface area contributed by atoms with Crippen molar-refractivity contribution in [3.05, 3.63) is 27.7 Å². The molecule has 0 unspecified atom stereocenters. The molecule has 0 amide bonds. The predicted molar refractivity (Wildman–Crippen MR) is 50.7 cm³/mol. The fraction of sp³-hybridized carbons (Fsp3) is 0.143. The highest BCUT2D eigenvalue weighted by molar-refractivity contribution is 14.1. The SMILES string of the molecule is FC(F)(F)c1ccnc2cc(I)nn12. The van der Waals surface area contributed by atoms with E-state index in [1.54, 1.807) is 0 Å². The molecule has 0 atom stereocenters. The van der Waals surface area contributed by atoms with E-state index >= 15 is 0 Å². The molecule has 0 N–H and O–H groups in total. The summed E-state index contributed by atoms with van der Waals surface area (Å²) in [5.41, 5.74) is -0.616. The Morgan fingerprint density at radius 2 is 2.07 bits per heavy atom. The van der Waals surface area contributed by atoms with Crippen LogP contribution in [0.3, 0.4) is 0 Å². The van der Waals surface area contributed by atoms with Crippen LogP contribution in [0.25, 0.3) is 5.65 Å². The zero-order chi connectivity index (χ0) is 10.3. The molecule has 0 aliphatic carbocycles. The van der Waals surface area contributed by atoms with E-state index in [1.807, 2.05) is 22.6 Å². The summed E-state index contributed by atoms with van der Waals surface area (Å²) < 4.78 is 38.6. The summed E-state index contributed by atoms with van der Waals surface area (Å²) >= 11 is 1.84. The normalized spacial score (nSPS) is 12.3. The number of alkyl halides is 3. The largest absolute Gasteiger partial charge is 0.433 e. The van der Waals surface area contributed by atoms with Crippen LogP contribution >= 0.6 is 22.6 Å². The van der Waals surface area contributed by atoms with Gasteiger partial charge in [-0.3, -0.25) is 0 Å². The fourth-order valence-corrected chi connectivity index (χ4v) is 1.58. The average Bonchev–Trinajstić information content (AvgIpc) is 2.41. The van der Waals surface area contributed by atoms with E-state index in [2.05, 4.69) is 10.1 Å². The summed E-state index contributed by atoms with van der Waals surface area (Å²) in [5.74, 6) is 0. The number of fused-ring (bicyclic) bond motifs is 1. The monoisotopic (exact) mass is 313 g/mol. The molecule has 14 heavy (non-hydrogen) atoms. The van der Waals surface area contributed by atoms with Gasteiger partial charge in [0, 0.05) is 12.3 Å². The van der Waals surface area contributed by atoms with Gasteiger partial charge in [-0.2, -0.15) is 18.3 Å². The van der Waals surface area contributed by atoms with Crippen LogP contribution < -0.4 is 0 Å².